The Kier molecular flexibility index (Phi) is 8.22. The maximum Gasteiger partial charge on any atom is 0.185 e. The lowest BCUT2D eigenvalue weighted by molar-refractivity contribution is -0.112. The van der Waals surface area contributed by atoms with Crippen molar-refractivity contribution in [3.63, 3.8) is 0 Å². The van der Waals surface area contributed by atoms with Crippen LogP contribution in [0.15, 0.2) is 5.76 Å². The Morgan fingerprint density at radius 1 is 0.880 bits per heavy atom. The van der Waals surface area contributed by atoms with Crippen molar-refractivity contribution in [1.29, 1.82) is 0 Å². The van der Waals surface area contributed by atoms with E-state index in [1.807, 2.05) is 12.9 Å². The van der Waals surface area contributed by atoms with Crippen LogP contribution in [0.25, 0.3) is 0 Å². The lowest BCUT2D eigenvalue weighted by atomic mass is 9.95. The molecule has 3 heteroatoms. The first-order chi connectivity index (χ1) is 12.2. The van der Waals surface area contributed by atoms with Crippen LogP contribution in [-0.4, -0.2) is 18.8 Å². The smallest absolute Gasteiger partial charge is 0.185 e. The summed E-state index contributed by atoms with van der Waals surface area (Å²) in [5.41, 5.74) is 0.165. The molecule has 0 heterocycles. The van der Waals surface area contributed by atoms with Gasteiger partial charge in [-0.2, -0.15) is 0 Å². The van der Waals surface area contributed by atoms with E-state index >= 15 is 0 Å². The minimum absolute atomic E-state index is 0.0538. The van der Waals surface area contributed by atoms with Crippen LogP contribution in [0.1, 0.15) is 103 Å². The van der Waals surface area contributed by atoms with Crippen molar-refractivity contribution in [2.24, 2.45) is 10.8 Å². The van der Waals surface area contributed by atoms with Crippen LogP contribution >= 0.6 is 0 Å². The van der Waals surface area contributed by atoms with E-state index < -0.39 is 0 Å². The molecular formula is C22H36O3. The average molecular weight is 349 g/mol. The summed E-state index contributed by atoms with van der Waals surface area (Å²) in [6.07, 6.45) is 19.5. The van der Waals surface area contributed by atoms with E-state index in [0.29, 0.717) is 12.4 Å². The summed E-state index contributed by atoms with van der Waals surface area (Å²) in [5.74, 6) is 2.61. The molecule has 3 nitrogen and oxygen atoms in total. The number of unbranched alkanes of at least 4 members (excludes halogenated alkanes) is 8. The predicted molar refractivity (Wildman–Crippen MR) is 101 cm³/mol. The van der Waals surface area contributed by atoms with Crippen LogP contribution in [0, 0.1) is 10.8 Å². The summed E-state index contributed by atoms with van der Waals surface area (Å²) < 4.78 is 5.47. The normalized spacial score (nSPS) is 19.1. The first-order valence-corrected chi connectivity index (χ1v) is 10.5. The van der Waals surface area contributed by atoms with E-state index in [0.717, 1.165) is 38.5 Å². The topological polar surface area (TPSA) is 43.4 Å². The van der Waals surface area contributed by atoms with E-state index in [1.165, 1.54) is 64.1 Å². The molecule has 0 spiro atoms. The second kappa shape index (κ2) is 10.2. The van der Waals surface area contributed by atoms with Crippen LogP contribution in [0.3, 0.4) is 0 Å². The summed E-state index contributed by atoms with van der Waals surface area (Å²) in [6.45, 7) is 2.50. The standard InChI is InChI=1S/C22H36O3/c1-2-25-20(18-23)22(16-17-22)13-11-9-7-5-3-4-6-8-10-12-21(19-24)14-15-21/h19H,2-17H2,1H3. The molecule has 0 amide bonds. The molecule has 142 valence electrons. The quantitative estimate of drug-likeness (QED) is 0.153. The Balaban J connectivity index is 1.39. The second-order valence-corrected chi connectivity index (χ2v) is 8.31. The van der Waals surface area contributed by atoms with Gasteiger partial charge in [0.15, 0.2) is 11.7 Å². The highest BCUT2D eigenvalue weighted by molar-refractivity contribution is 5.63. The van der Waals surface area contributed by atoms with Crippen molar-refractivity contribution in [3.05, 3.63) is 5.76 Å². The Morgan fingerprint density at radius 3 is 1.80 bits per heavy atom. The number of rotatable bonds is 16. The first kappa shape index (κ1) is 20.2. The highest BCUT2D eigenvalue weighted by Gasteiger charge is 2.48. The zero-order valence-electron chi connectivity index (χ0n) is 16.1. The fraction of sp³-hybridized carbons (Fsp3) is 0.864. The van der Waals surface area contributed by atoms with Crippen LogP contribution < -0.4 is 0 Å². The van der Waals surface area contributed by atoms with Gasteiger partial charge in [-0.1, -0.05) is 57.8 Å². The van der Waals surface area contributed by atoms with Gasteiger partial charge < -0.3 is 9.53 Å². The van der Waals surface area contributed by atoms with Crippen LogP contribution in [0.2, 0.25) is 0 Å². The van der Waals surface area contributed by atoms with Crippen molar-refractivity contribution in [2.75, 3.05) is 6.61 Å². The van der Waals surface area contributed by atoms with Crippen molar-refractivity contribution in [1.82, 2.24) is 0 Å². The summed E-state index contributed by atoms with van der Waals surface area (Å²) in [4.78, 5) is 21.9. The van der Waals surface area contributed by atoms with Gasteiger partial charge in [0, 0.05) is 10.8 Å². The van der Waals surface area contributed by atoms with Gasteiger partial charge in [-0.05, 0) is 45.4 Å². The molecule has 0 unspecified atom stereocenters. The maximum absolute atomic E-state index is 11.0. The number of aldehydes is 1. The van der Waals surface area contributed by atoms with Crippen molar-refractivity contribution < 1.29 is 14.3 Å². The van der Waals surface area contributed by atoms with Gasteiger partial charge in [0.2, 0.25) is 0 Å². The van der Waals surface area contributed by atoms with E-state index in [4.69, 9.17) is 4.74 Å². The summed E-state index contributed by atoms with van der Waals surface area (Å²) in [6, 6.07) is 0. The molecule has 0 aromatic carbocycles. The zero-order valence-corrected chi connectivity index (χ0v) is 16.1. The summed E-state index contributed by atoms with van der Waals surface area (Å²) in [5, 5.41) is 0. The molecular weight excluding hydrogens is 312 g/mol. The molecule has 25 heavy (non-hydrogen) atoms. The molecule has 2 aliphatic rings. The molecule has 2 rings (SSSR count). The molecule has 0 N–H and O–H groups in total. The Morgan fingerprint density at radius 2 is 1.40 bits per heavy atom. The average Bonchev–Trinajstić information content (AvgIpc) is 3.54. The van der Waals surface area contributed by atoms with Gasteiger partial charge in [0.05, 0.1) is 6.61 Å². The Bertz CT molecular complexity index is 454. The number of hydrogen-bond donors (Lipinski definition) is 0. The molecule has 2 saturated carbocycles. The van der Waals surface area contributed by atoms with Gasteiger partial charge in [-0.3, -0.25) is 0 Å². The monoisotopic (exact) mass is 348 g/mol. The summed E-state index contributed by atoms with van der Waals surface area (Å²) in [7, 11) is 0. The van der Waals surface area contributed by atoms with Crippen molar-refractivity contribution >= 4 is 12.2 Å². The molecule has 0 bridgehead atoms. The van der Waals surface area contributed by atoms with Crippen LogP contribution in [0.4, 0.5) is 0 Å². The lowest BCUT2D eigenvalue weighted by Gasteiger charge is -2.16. The SMILES string of the molecule is CCOC(=C=O)C1(CCCCCCCCCCCC2(C=O)CC2)CC1. The fourth-order valence-electron chi connectivity index (χ4n) is 3.94. The molecule has 0 aliphatic heterocycles. The zero-order chi connectivity index (χ0) is 18.0. The molecule has 2 fully saturated rings. The molecule has 0 radical (unpaired) electrons. The minimum Gasteiger partial charge on any atom is -0.486 e. The van der Waals surface area contributed by atoms with E-state index in [-0.39, 0.29) is 10.8 Å². The molecule has 0 atom stereocenters. The lowest BCUT2D eigenvalue weighted by Crippen LogP contribution is -2.09. The third kappa shape index (κ3) is 6.62. The molecule has 2 aliphatic carbocycles. The Hall–Kier alpha value is -1.08. The Labute approximate surface area is 153 Å². The molecule has 0 aromatic heterocycles. The number of allylic oxidation sites excluding steroid dienone is 1. The van der Waals surface area contributed by atoms with Gasteiger partial charge in [-0.25, -0.2) is 4.79 Å². The molecule has 0 saturated heterocycles. The summed E-state index contributed by atoms with van der Waals surface area (Å²) >= 11 is 0. The van der Waals surface area contributed by atoms with Gasteiger partial charge in [-0.15, -0.1) is 0 Å². The second-order valence-electron chi connectivity index (χ2n) is 8.31. The third-order valence-electron chi connectivity index (χ3n) is 6.19. The predicted octanol–water partition coefficient (Wildman–Crippen LogP) is 5.79. The number of hydrogen-bond acceptors (Lipinski definition) is 3. The number of carbonyl (C=O) groups is 1. The largest absolute Gasteiger partial charge is 0.486 e. The van der Waals surface area contributed by atoms with Crippen LogP contribution in [-0.2, 0) is 14.3 Å². The van der Waals surface area contributed by atoms with Gasteiger partial charge in [0.25, 0.3) is 0 Å². The van der Waals surface area contributed by atoms with Crippen molar-refractivity contribution in [2.45, 2.75) is 103 Å². The van der Waals surface area contributed by atoms with E-state index in [9.17, 15) is 9.59 Å². The molecule has 0 aromatic rings. The highest BCUT2D eigenvalue weighted by atomic mass is 16.5. The highest BCUT2D eigenvalue weighted by Crippen LogP contribution is 2.55. The van der Waals surface area contributed by atoms with Crippen molar-refractivity contribution in [3.8, 4) is 0 Å². The maximum atomic E-state index is 11.0. The third-order valence-corrected chi connectivity index (χ3v) is 6.19. The first-order valence-electron chi connectivity index (χ1n) is 10.5. The minimum atomic E-state index is 0.0538. The number of ether oxygens (including phenoxy) is 1. The van der Waals surface area contributed by atoms with Gasteiger partial charge in [0.1, 0.15) is 6.29 Å². The van der Waals surface area contributed by atoms with Gasteiger partial charge >= 0.3 is 0 Å². The van der Waals surface area contributed by atoms with E-state index in [1.54, 1.807) is 0 Å². The number of carbonyl (C=O) groups excluding carboxylic acids is 2. The van der Waals surface area contributed by atoms with E-state index in [2.05, 4.69) is 0 Å². The fourth-order valence-corrected chi connectivity index (χ4v) is 3.94. The van der Waals surface area contributed by atoms with Crippen LogP contribution in [0.5, 0.6) is 0 Å².